The van der Waals surface area contributed by atoms with Gasteiger partial charge in [0.2, 0.25) is 10.0 Å². The molecule has 2 aromatic heterocycles. The van der Waals surface area contributed by atoms with Crippen molar-refractivity contribution in [1.82, 2.24) is 14.5 Å². The Hall–Kier alpha value is -0.700. The van der Waals surface area contributed by atoms with Crippen LogP contribution in [0.2, 0.25) is 0 Å². The van der Waals surface area contributed by atoms with Crippen molar-refractivity contribution in [2.75, 3.05) is 0 Å². The Morgan fingerprint density at radius 2 is 2.16 bits per heavy atom. The Balaban J connectivity index is 2.26. The normalized spacial score (nSPS) is 12.0. The SMILES string of the molecule is Cc1nn(C)c(C)c1S(=O)(=O)NCc1sccc1Br. The van der Waals surface area contributed by atoms with Crippen molar-refractivity contribution in [2.45, 2.75) is 25.3 Å². The van der Waals surface area contributed by atoms with E-state index in [4.69, 9.17) is 0 Å². The number of hydrogen-bond donors (Lipinski definition) is 1. The monoisotopic (exact) mass is 363 g/mol. The van der Waals surface area contributed by atoms with E-state index >= 15 is 0 Å². The lowest BCUT2D eigenvalue weighted by Crippen LogP contribution is -2.24. The molecule has 1 N–H and O–H groups in total. The Labute approximate surface area is 124 Å². The highest BCUT2D eigenvalue weighted by atomic mass is 79.9. The summed E-state index contributed by atoms with van der Waals surface area (Å²) in [7, 11) is -1.81. The molecule has 0 atom stereocenters. The van der Waals surface area contributed by atoms with Gasteiger partial charge in [0.1, 0.15) is 4.90 Å². The summed E-state index contributed by atoms with van der Waals surface area (Å²) in [6, 6.07) is 1.90. The van der Waals surface area contributed by atoms with E-state index in [0.29, 0.717) is 11.4 Å². The Kier molecular flexibility index (Phi) is 4.14. The number of aromatic nitrogens is 2. The third-order valence-electron chi connectivity index (χ3n) is 2.83. The second-order valence-electron chi connectivity index (χ2n) is 4.14. The average Bonchev–Trinajstić information content (AvgIpc) is 2.82. The molecule has 0 aliphatic rings. The highest BCUT2D eigenvalue weighted by Gasteiger charge is 2.23. The summed E-state index contributed by atoms with van der Waals surface area (Å²) < 4.78 is 29.7. The topological polar surface area (TPSA) is 64.0 Å². The van der Waals surface area contributed by atoms with Crippen LogP contribution in [0.5, 0.6) is 0 Å². The van der Waals surface area contributed by atoms with Gasteiger partial charge in [-0.2, -0.15) is 5.10 Å². The molecule has 2 heterocycles. The summed E-state index contributed by atoms with van der Waals surface area (Å²) in [6.45, 7) is 3.71. The van der Waals surface area contributed by atoms with Gasteiger partial charge in [-0.3, -0.25) is 4.68 Å². The van der Waals surface area contributed by atoms with Gasteiger partial charge in [-0.05, 0) is 41.2 Å². The van der Waals surface area contributed by atoms with Crippen molar-refractivity contribution >= 4 is 37.3 Å². The fourth-order valence-corrected chi connectivity index (χ4v) is 4.78. The quantitative estimate of drug-likeness (QED) is 0.906. The second-order valence-corrected chi connectivity index (χ2v) is 7.70. The fraction of sp³-hybridized carbons (Fsp3) is 0.364. The smallest absolute Gasteiger partial charge is 0.244 e. The summed E-state index contributed by atoms with van der Waals surface area (Å²) in [5.41, 5.74) is 1.15. The molecule has 2 rings (SSSR count). The Morgan fingerprint density at radius 1 is 1.47 bits per heavy atom. The van der Waals surface area contributed by atoms with E-state index in [2.05, 4.69) is 25.8 Å². The van der Waals surface area contributed by atoms with Gasteiger partial charge in [-0.1, -0.05) is 0 Å². The predicted molar refractivity (Wildman–Crippen MR) is 78.7 cm³/mol. The number of nitrogens with one attached hydrogen (secondary N) is 1. The Morgan fingerprint density at radius 3 is 2.63 bits per heavy atom. The number of aryl methyl sites for hydroxylation is 2. The molecule has 19 heavy (non-hydrogen) atoms. The summed E-state index contributed by atoms with van der Waals surface area (Å²) >= 11 is 4.89. The first-order valence-electron chi connectivity index (χ1n) is 5.54. The molecule has 5 nitrogen and oxygen atoms in total. The number of hydrogen-bond acceptors (Lipinski definition) is 4. The maximum atomic E-state index is 12.3. The molecule has 0 aromatic carbocycles. The summed E-state index contributed by atoms with van der Waals surface area (Å²) in [4.78, 5) is 1.21. The van der Waals surface area contributed by atoms with Crippen LogP contribution in [-0.2, 0) is 23.6 Å². The van der Waals surface area contributed by atoms with Crippen LogP contribution in [0.15, 0.2) is 20.8 Å². The molecule has 0 radical (unpaired) electrons. The van der Waals surface area contributed by atoms with Crippen molar-refractivity contribution in [3.05, 3.63) is 32.2 Å². The third kappa shape index (κ3) is 2.91. The molecule has 0 bridgehead atoms. The largest absolute Gasteiger partial charge is 0.271 e. The van der Waals surface area contributed by atoms with Crippen LogP contribution >= 0.6 is 27.3 Å². The number of nitrogens with zero attached hydrogens (tertiary/aromatic N) is 2. The minimum absolute atomic E-state index is 0.266. The van der Waals surface area contributed by atoms with Gasteiger partial charge in [0.25, 0.3) is 0 Å². The fourth-order valence-electron chi connectivity index (χ4n) is 1.83. The first-order chi connectivity index (χ1) is 8.83. The highest BCUT2D eigenvalue weighted by Crippen LogP contribution is 2.24. The zero-order chi connectivity index (χ0) is 14.2. The molecular weight excluding hydrogens is 350 g/mol. The molecule has 0 aliphatic carbocycles. The number of halogens is 1. The second kappa shape index (κ2) is 5.35. The van der Waals surface area contributed by atoms with Gasteiger partial charge in [-0.15, -0.1) is 11.3 Å². The van der Waals surface area contributed by atoms with Crippen molar-refractivity contribution in [1.29, 1.82) is 0 Å². The zero-order valence-corrected chi connectivity index (χ0v) is 14.0. The molecule has 0 amide bonds. The van der Waals surface area contributed by atoms with Crippen molar-refractivity contribution in [3.8, 4) is 0 Å². The van der Waals surface area contributed by atoms with Crippen LogP contribution in [0.4, 0.5) is 0 Å². The van der Waals surface area contributed by atoms with E-state index in [1.54, 1.807) is 25.6 Å². The predicted octanol–water partition coefficient (Wildman–Crippen LogP) is 2.34. The van der Waals surface area contributed by atoms with Gasteiger partial charge in [-0.25, -0.2) is 13.1 Å². The van der Waals surface area contributed by atoms with Crippen LogP contribution in [-0.4, -0.2) is 18.2 Å². The van der Waals surface area contributed by atoms with Crippen molar-refractivity contribution in [3.63, 3.8) is 0 Å². The molecule has 0 aliphatic heterocycles. The van der Waals surface area contributed by atoms with Gasteiger partial charge < -0.3 is 0 Å². The van der Waals surface area contributed by atoms with Gasteiger partial charge in [0.15, 0.2) is 0 Å². The lowest BCUT2D eigenvalue weighted by atomic mass is 10.4. The van der Waals surface area contributed by atoms with Gasteiger partial charge in [0, 0.05) is 22.9 Å². The van der Waals surface area contributed by atoms with E-state index < -0.39 is 10.0 Å². The highest BCUT2D eigenvalue weighted by molar-refractivity contribution is 9.10. The molecule has 0 saturated carbocycles. The first kappa shape index (κ1) is 14.7. The Bertz CT molecular complexity index is 704. The minimum atomic E-state index is -3.54. The number of thiophene rings is 1. The first-order valence-corrected chi connectivity index (χ1v) is 8.70. The molecular formula is C11H14BrN3O2S2. The van der Waals surface area contributed by atoms with E-state index in [1.807, 2.05) is 11.4 Å². The summed E-state index contributed by atoms with van der Waals surface area (Å²) in [6.07, 6.45) is 0. The van der Waals surface area contributed by atoms with Gasteiger partial charge in [0.05, 0.1) is 11.4 Å². The lowest BCUT2D eigenvalue weighted by molar-refractivity contribution is 0.580. The third-order valence-corrected chi connectivity index (χ3v) is 6.40. The van der Waals surface area contributed by atoms with Crippen molar-refractivity contribution in [2.24, 2.45) is 7.05 Å². The van der Waals surface area contributed by atoms with Crippen LogP contribution in [0, 0.1) is 13.8 Å². The molecule has 0 unspecified atom stereocenters. The standard InChI is InChI=1S/C11H14BrN3O2S2/c1-7-11(8(2)15(3)14-7)19(16,17)13-6-10-9(12)4-5-18-10/h4-5,13H,6H2,1-3H3. The molecule has 0 fully saturated rings. The van der Waals surface area contributed by atoms with E-state index in [9.17, 15) is 8.42 Å². The lowest BCUT2D eigenvalue weighted by Gasteiger charge is -2.06. The van der Waals surface area contributed by atoms with E-state index in [1.165, 1.54) is 11.3 Å². The van der Waals surface area contributed by atoms with E-state index in [0.717, 1.165) is 9.35 Å². The van der Waals surface area contributed by atoms with Gasteiger partial charge >= 0.3 is 0 Å². The summed E-state index contributed by atoms with van der Waals surface area (Å²) in [5.74, 6) is 0. The maximum absolute atomic E-state index is 12.3. The van der Waals surface area contributed by atoms with E-state index in [-0.39, 0.29) is 11.4 Å². The van der Waals surface area contributed by atoms with Crippen molar-refractivity contribution < 1.29 is 8.42 Å². The average molecular weight is 364 g/mol. The zero-order valence-electron chi connectivity index (χ0n) is 10.8. The van der Waals surface area contributed by atoms with Crippen LogP contribution in [0.25, 0.3) is 0 Å². The molecule has 0 spiro atoms. The molecule has 8 heteroatoms. The van der Waals surface area contributed by atoms with Crippen LogP contribution < -0.4 is 4.72 Å². The molecule has 104 valence electrons. The molecule has 0 saturated heterocycles. The molecule has 2 aromatic rings. The maximum Gasteiger partial charge on any atom is 0.244 e. The summed E-state index contributed by atoms with van der Waals surface area (Å²) in [5, 5.41) is 6.04. The minimum Gasteiger partial charge on any atom is -0.271 e. The van der Waals surface area contributed by atoms with Crippen LogP contribution in [0.3, 0.4) is 0 Å². The van der Waals surface area contributed by atoms with Crippen LogP contribution in [0.1, 0.15) is 16.3 Å². The number of rotatable bonds is 4. The number of sulfonamides is 1.